The molecule has 0 saturated heterocycles. The number of hydrogen-bond donors (Lipinski definition) is 1. The van der Waals surface area contributed by atoms with Crippen molar-refractivity contribution >= 4 is 34.5 Å². The van der Waals surface area contributed by atoms with Gasteiger partial charge >= 0.3 is 0 Å². The van der Waals surface area contributed by atoms with Crippen molar-refractivity contribution in [2.24, 2.45) is 0 Å². The summed E-state index contributed by atoms with van der Waals surface area (Å²) in [5, 5.41) is 13.5. The Bertz CT molecular complexity index is 1030. The largest absolute Gasteiger partial charge is 0.346 e. The molecule has 1 aromatic heterocycles. The third-order valence-corrected chi connectivity index (χ3v) is 4.77. The Morgan fingerprint density at radius 2 is 2.00 bits per heavy atom. The normalized spacial score (nSPS) is 12.2. The number of carbonyl (C=O) groups is 1. The lowest BCUT2D eigenvalue weighted by molar-refractivity contribution is -0.117. The average molecular weight is 378 g/mol. The molecule has 0 aliphatic carbocycles. The highest BCUT2D eigenvalue weighted by atomic mass is 35.5. The molecule has 2 aromatic carbocycles. The van der Waals surface area contributed by atoms with Crippen LogP contribution in [0.15, 0.2) is 60.8 Å². The van der Waals surface area contributed by atoms with Gasteiger partial charge in [0.15, 0.2) is 0 Å². The number of amides is 1. The standard InChI is InChI=1S/C22H20ClN3O/c1-16(18-7-2-4-9-20(18)23)25-22(27)12-11-17-15-26(14-6-13-24)21-10-5-3-8-19(17)21/h2-5,7-12,15-16H,6,14H2,1H3,(H,25,27)/b12-11+. The topological polar surface area (TPSA) is 57.8 Å². The molecule has 136 valence electrons. The molecule has 0 aliphatic heterocycles. The molecule has 0 spiro atoms. The molecule has 27 heavy (non-hydrogen) atoms. The van der Waals surface area contributed by atoms with Crippen LogP contribution in [0.25, 0.3) is 17.0 Å². The number of halogens is 1. The Balaban J connectivity index is 1.77. The van der Waals surface area contributed by atoms with Crippen molar-refractivity contribution in [2.75, 3.05) is 0 Å². The number of nitrogens with one attached hydrogen (secondary N) is 1. The predicted molar refractivity (Wildman–Crippen MR) is 109 cm³/mol. The second-order valence-corrected chi connectivity index (χ2v) is 6.70. The fourth-order valence-corrected chi connectivity index (χ4v) is 3.39. The van der Waals surface area contributed by atoms with E-state index in [1.54, 1.807) is 6.08 Å². The smallest absolute Gasteiger partial charge is 0.244 e. The first kappa shape index (κ1) is 18.8. The Hall–Kier alpha value is -3.03. The summed E-state index contributed by atoms with van der Waals surface area (Å²) < 4.78 is 2.04. The number of para-hydroxylation sites is 1. The summed E-state index contributed by atoms with van der Waals surface area (Å²) in [4.78, 5) is 12.3. The van der Waals surface area contributed by atoms with E-state index < -0.39 is 0 Å². The Morgan fingerprint density at radius 1 is 1.26 bits per heavy atom. The number of carbonyl (C=O) groups excluding carboxylic acids is 1. The van der Waals surface area contributed by atoms with Crippen LogP contribution in [0.2, 0.25) is 5.02 Å². The van der Waals surface area contributed by atoms with Gasteiger partial charge in [0.05, 0.1) is 18.5 Å². The molecule has 1 amide bonds. The van der Waals surface area contributed by atoms with Crippen molar-refractivity contribution in [3.63, 3.8) is 0 Å². The third-order valence-electron chi connectivity index (χ3n) is 4.43. The minimum absolute atomic E-state index is 0.184. The van der Waals surface area contributed by atoms with Gasteiger partial charge in [-0.1, -0.05) is 48.0 Å². The summed E-state index contributed by atoms with van der Waals surface area (Å²) in [6.45, 7) is 2.53. The minimum Gasteiger partial charge on any atom is -0.346 e. The van der Waals surface area contributed by atoms with Gasteiger partial charge in [0, 0.05) is 40.3 Å². The van der Waals surface area contributed by atoms with Crippen LogP contribution in [0.3, 0.4) is 0 Å². The molecule has 0 fully saturated rings. The van der Waals surface area contributed by atoms with Crippen molar-refractivity contribution < 1.29 is 4.79 Å². The lowest BCUT2D eigenvalue weighted by Gasteiger charge is -2.14. The molecular formula is C22H20ClN3O. The van der Waals surface area contributed by atoms with Crippen molar-refractivity contribution in [1.29, 1.82) is 5.26 Å². The fourth-order valence-electron chi connectivity index (χ4n) is 3.09. The number of fused-ring (bicyclic) bond motifs is 1. The van der Waals surface area contributed by atoms with Crippen molar-refractivity contribution in [2.45, 2.75) is 25.9 Å². The number of nitrogens with zero attached hydrogens (tertiary/aromatic N) is 2. The van der Waals surface area contributed by atoms with Gasteiger partial charge < -0.3 is 9.88 Å². The molecule has 3 rings (SSSR count). The molecule has 0 bridgehead atoms. The predicted octanol–water partition coefficient (Wildman–Crippen LogP) is 5.10. The van der Waals surface area contributed by atoms with Gasteiger partial charge in [-0.15, -0.1) is 0 Å². The first-order valence-corrected chi connectivity index (χ1v) is 9.16. The van der Waals surface area contributed by atoms with Crippen LogP contribution < -0.4 is 5.32 Å². The first-order chi connectivity index (χ1) is 13.1. The Labute approximate surface area is 163 Å². The molecule has 1 atom stereocenters. The SMILES string of the molecule is CC(NC(=O)/C=C/c1cn(CCC#N)c2ccccc12)c1ccccc1Cl. The molecule has 4 nitrogen and oxygen atoms in total. The third kappa shape index (κ3) is 4.39. The van der Waals surface area contributed by atoms with E-state index in [0.29, 0.717) is 18.0 Å². The van der Waals surface area contributed by atoms with Crippen LogP contribution >= 0.6 is 11.6 Å². The van der Waals surface area contributed by atoms with Gasteiger partial charge in [-0.2, -0.15) is 5.26 Å². The number of rotatable bonds is 6. The maximum absolute atomic E-state index is 12.3. The van der Waals surface area contributed by atoms with E-state index in [0.717, 1.165) is 22.0 Å². The zero-order chi connectivity index (χ0) is 19.2. The van der Waals surface area contributed by atoms with E-state index in [9.17, 15) is 4.79 Å². The number of aromatic nitrogens is 1. The molecule has 0 radical (unpaired) electrons. The lowest BCUT2D eigenvalue weighted by atomic mass is 10.1. The van der Waals surface area contributed by atoms with Crippen molar-refractivity contribution in [3.05, 3.63) is 77.0 Å². The molecule has 5 heteroatoms. The molecule has 1 unspecified atom stereocenters. The second-order valence-electron chi connectivity index (χ2n) is 6.29. The maximum atomic E-state index is 12.3. The quantitative estimate of drug-likeness (QED) is 0.607. The van der Waals surface area contributed by atoms with Crippen LogP contribution in [0.1, 0.15) is 30.5 Å². The average Bonchev–Trinajstić information content (AvgIpc) is 3.03. The van der Waals surface area contributed by atoms with Gasteiger partial charge in [-0.25, -0.2) is 0 Å². The number of nitriles is 1. The zero-order valence-corrected chi connectivity index (χ0v) is 15.8. The first-order valence-electron chi connectivity index (χ1n) is 8.78. The van der Waals surface area contributed by atoms with Crippen LogP contribution in [-0.4, -0.2) is 10.5 Å². The summed E-state index contributed by atoms with van der Waals surface area (Å²) in [6.07, 6.45) is 5.75. The molecule has 0 saturated carbocycles. The fraction of sp³-hybridized carbons (Fsp3) is 0.182. The summed E-state index contributed by atoms with van der Waals surface area (Å²) in [5.74, 6) is -0.184. The number of hydrogen-bond acceptors (Lipinski definition) is 2. The molecule has 1 N–H and O–H groups in total. The van der Waals surface area contributed by atoms with E-state index in [-0.39, 0.29) is 11.9 Å². The zero-order valence-electron chi connectivity index (χ0n) is 15.0. The van der Waals surface area contributed by atoms with Crippen LogP contribution in [-0.2, 0) is 11.3 Å². The second kappa shape index (κ2) is 8.57. The van der Waals surface area contributed by atoms with E-state index >= 15 is 0 Å². The minimum atomic E-state index is -0.187. The van der Waals surface area contributed by atoms with Crippen LogP contribution in [0.5, 0.6) is 0 Å². The molecule has 1 heterocycles. The monoisotopic (exact) mass is 377 g/mol. The van der Waals surface area contributed by atoms with E-state index in [4.69, 9.17) is 16.9 Å². The van der Waals surface area contributed by atoms with E-state index in [1.165, 1.54) is 6.08 Å². The Morgan fingerprint density at radius 3 is 2.78 bits per heavy atom. The van der Waals surface area contributed by atoms with E-state index in [1.807, 2.05) is 66.2 Å². The summed E-state index contributed by atoms with van der Waals surface area (Å²) in [6, 6.07) is 17.4. The molecule has 0 aliphatic rings. The van der Waals surface area contributed by atoms with E-state index in [2.05, 4.69) is 11.4 Å². The maximum Gasteiger partial charge on any atom is 0.244 e. The van der Waals surface area contributed by atoms with Crippen molar-refractivity contribution in [1.82, 2.24) is 9.88 Å². The number of aryl methyl sites for hydroxylation is 1. The summed E-state index contributed by atoms with van der Waals surface area (Å²) in [7, 11) is 0. The summed E-state index contributed by atoms with van der Waals surface area (Å²) >= 11 is 6.19. The van der Waals surface area contributed by atoms with Gasteiger partial charge in [-0.3, -0.25) is 4.79 Å². The van der Waals surface area contributed by atoms with Gasteiger partial charge in [0.2, 0.25) is 5.91 Å². The van der Waals surface area contributed by atoms with Gasteiger partial charge in [0.1, 0.15) is 0 Å². The Kier molecular flexibility index (Phi) is 5.95. The summed E-state index contributed by atoms with van der Waals surface area (Å²) in [5.41, 5.74) is 2.88. The highest BCUT2D eigenvalue weighted by Gasteiger charge is 2.11. The highest BCUT2D eigenvalue weighted by Crippen LogP contribution is 2.24. The van der Waals surface area contributed by atoms with Crippen LogP contribution in [0.4, 0.5) is 0 Å². The lowest BCUT2D eigenvalue weighted by Crippen LogP contribution is -2.24. The van der Waals surface area contributed by atoms with Crippen molar-refractivity contribution in [3.8, 4) is 6.07 Å². The molecule has 3 aromatic rings. The van der Waals surface area contributed by atoms with Crippen LogP contribution in [0, 0.1) is 11.3 Å². The van der Waals surface area contributed by atoms with Gasteiger partial charge in [-0.05, 0) is 30.7 Å². The highest BCUT2D eigenvalue weighted by molar-refractivity contribution is 6.31. The van der Waals surface area contributed by atoms with Gasteiger partial charge in [0.25, 0.3) is 0 Å². The number of benzene rings is 2. The molecular weight excluding hydrogens is 358 g/mol.